The molecule has 1 aliphatic heterocycles. The van der Waals surface area contributed by atoms with Crippen LogP contribution in [0.2, 0.25) is 0 Å². The molecule has 0 atom stereocenters. The van der Waals surface area contributed by atoms with Gasteiger partial charge in [-0.1, -0.05) is 0 Å². The molecule has 0 amide bonds. The third-order valence-corrected chi connectivity index (χ3v) is 4.19. The average Bonchev–Trinajstić information content (AvgIpc) is 3.06. The van der Waals surface area contributed by atoms with Gasteiger partial charge in [0.25, 0.3) is 5.56 Å². The van der Waals surface area contributed by atoms with Crippen LogP contribution in [0.25, 0.3) is 0 Å². The van der Waals surface area contributed by atoms with Crippen LogP contribution in [-0.4, -0.2) is 34.8 Å². The summed E-state index contributed by atoms with van der Waals surface area (Å²) in [4.78, 5) is 21.5. The Bertz CT molecular complexity index is 718. The molecule has 0 bridgehead atoms. The van der Waals surface area contributed by atoms with Crippen LogP contribution in [0.15, 0.2) is 29.1 Å². The van der Waals surface area contributed by atoms with E-state index in [2.05, 4.69) is 32.3 Å². The Morgan fingerprint density at radius 1 is 1.26 bits per heavy atom. The fourth-order valence-corrected chi connectivity index (χ4v) is 2.94. The lowest BCUT2D eigenvalue weighted by molar-refractivity contribution is 0.298. The van der Waals surface area contributed by atoms with Crippen LogP contribution in [0.5, 0.6) is 0 Å². The van der Waals surface area contributed by atoms with E-state index in [4.69, 9.17) is 5.11 Å². The smallest absolute Gasteiger partial charge is 0.255 e. The molecule has 0 unspecified atom stereocenters. The summed E-state index contributed by atoms with van der Waals surface area (Å²) in [7, 11) is 0. The Labute approximate surface area is 135 Å². The summed E-state index contributed by atoms with van der Waals surface area (Å²) in [6, 6.07) is 8.15. The number of aromatic nitrogens is 2. The van der Waals surface area contributed by atoms with Gasteiger partial charge >= 0.3 is 0 Å². The number of aliphatic hydroxyl groups excluding tert-OH is 1. The number of H-pyrrole nitrogens is 1. The van der Waals surface area contributed by atoms with Crippen LogP contribution >= 0.6 is 0 Å². The van der Waals surface area contributed by atoms with Gasteiger partial charge in [0.2, 0.25) is 5.95 Å². The van der Waals surface area contributed by atoms with E-state index in [1.165, 1.54) is 18.5 Å². The summed E-state index contributed by atoms with van der Waals surface area (Å²) in [5.74, 6) is 0.420. The number of aromatic amines is 1. The van der Waals surface area contributed by atoms with Gasteiger partial charge in [0.1, 0.15) is 0 Å². The van der Waals surface area contributed by atoms with E-state index in [-0.39, 0.29) is 12.2 Å². The average molecular weight is 314 g/mol. The standard InChI is InChI=1S/C17H22N4O2/c1-12-15(8-11-22)16(23)20-17(18-12)19-13-4-6-14(7-5-13)21-9-2-3-10-21/h4-7,22H,2-3,8-11H2,1H3,(H2,18,19,20,23). The first-order valence-corrected chi connectivity index (χ1v) is 8.00. The molecule has 6 nitrogen and oxygen atoms in total. The Morgan fingerprint density at radius 3 is 2.57 bits per heavy atom. The van der Waals surface area contributed by atoms with Crippen molar-refractivity contribution in [1.82, 2.24) is 9.97 Å². The van der Waals surface area contributed by atoms with Crippen LogP contribution in [0.4, 0.5) is 17.3 Å². The van der Waals surface area contributed by atoms with Crippen molar-refractivity contribution in [2.75, 3.05) is 29.9 Å². The van der Waals surface area contributed by atoms with Crippen molar-refractivity contribution in [3.8, 4) is 0 Å². The zero-order valence-electron chi connectivity index (χ0n) is 13.3. The van der Waals surface area contributed by atoms with Gasteiger partial charge in [-0.05, 0) is 44.0 Å². The number of anilines is 3. The lowest BCUT2D eigenvalue weighted by Crippen LogP contribution is -2.19. The number of aryl methyl sites for hydroxylation is 1. The van der Waals surface area contributed by atoms with Crippen LogP contribution < -0.4 is 15.8 Å². The summed E-state index contributed by atoms with van der Waals surface area (Å²) >= 11 is 0. The molecule has 3 N–H and O–H groups in total. The molecule has 122 valence electrons. The first-order valence-electron chi connectivity index (χ1n) is 8.00. The Hall–Kier alpha value is -2.34. The highest BCUT2D eigenvalue weighted by molar-refractivity contribution is 5.59. The highest BCUT2D eigenvalue weighted by Gasteiger charge is 2.12. The fraction of sp³-hybridized carbons (Fsp3) is 0.412. The topological polar surface area (TPSA) is 81.2 Å². The third-order valence-electron chi connectivity index (χ3n) is 4.19. The number of hydrogen-bond acceptors (Lipinski definition) is 5. The van der Waals surface area contributed by atoms with Gasteiger partial charge in [0.15, 0.2) is 0 Å². The summed E-state index contributed by atoms with van der Waals surface area (Å²) in [6.07, 6.45) is 2.83. The first kappa shape index (κ1) is 15.6. The molecular formula is C17H22N4O2. The largest absolute Gasteiger partial charge is 0.396 e. The van der Waals surface area contributed by atoms with Gasteiger partial charge < -0.3 is 15.3 Å². The second-order valence-electron chi connectivity index (χ2n) is 5.82. The van der Waals surface area contributed by atoms with Crippen molar-refractivity contribution >= 4 is 17.3 Å². The summed E-state index contributed by atoms with van der Waals surface area (Å²) in [5.41, 5.74) is 3.07. The number of benzene rings is 1. The Balaban J connectivity index is 1.75. The van der Waals surface area contributed by atoms with Crippen LogP contribution in [0, 0.1) is 6.92 Å². The van der Waals surface area contributed by atoms with Crippen molar-refractivity contribution in [3.05, 3.63) is 45.9 Å². The summed E-state index contributed by atoms with van der Waals surface area (Å²) < 4.78 is 0. The maximum absolute atomic E-state index is 12.0. The molecule has 2 aromatic rings. The van der Waals surface area contributed by atoms with E-state index in [1.54, 1.807) is 6.92 Å². The molecule has 23 heavy (non-hydrogen) atoms. The molecule has 3 rings (SSSR count). The van der Waals surface area contributed by atoms with E-state index in [9.17, 15) is 4.79 Å². The SMILES string of the molecule is Cc1nc(Nc2ccc(N3CCCC3)cc2)[nH]c(=O)c1CCO. The normalized spacial score (nSPS) is 14.3. The zero-order valence-corrected chi connectivity index (χ0v) is 13.3. The van der Waals surface area contributed by atoms with Crippen molar-refractivity contribution in [2.45, 2.75) is 26.2 Å². The lowest BCUT2D eigenvalue weighted by atomic mass is 10.2. The molecule has 0 spiro atoms. The lowest BCUT2D eigenvalue weighted by Gasteiger charge is -2.18. The molecule has 6 heteroatoms. The maximum Gasteiger partial charge on any atom is 0.255 e. The predicted octanol–water partition coefficient (Wildman–Crippen LogP) is 1.96. The number of nitrogens with zero attached hydrogens (tertiary/aromatic N) is 2. The predicted molar refractivity (Wildman–Crippen MR) is 91.6 cm³/mol. The first-order chi connectivity index (χ1) is 11.2. The third kappa shape index (κ3) is 3.53. The second kappa shape index (κ2) is 6.83. The fourth-order valence-electron chi connectivity index (χ4n) is 2.94. The van der Waals surface area contributed by atoms with Crippen molar-refractivity contribution in [3.63, 3.8) is 0 Å². The Kier molecular flexibility index (Phi) is 4.62. The van der Waals surface area contributed by atoms with Gasteiger partial charge in [0, 0.05) is 43.1 Å². The van der Waals surface area contributed by atoms with E-state index in [1.807, 2.05) is 12.1 Å². The van der Waals surface area contributed by atoms with Crippen LogP contribution in [0.1, 0.15) is 24.1 Å². The number of rotatable bonds is 5. The molecule has 1 saturated heterocycles. The second-order valence-corrected chi connectivity index (χ2v) is 5.82. The highest BCUT2D eigenvalue weighted by atomic mass is 16.3. The molecule has 0 aliphatic carbocycles. The molecule has 1 aromatic carbocycles. The number of aliphatic hydroxyl groups is 1. The molecular weight excluding hydrogens is 292 g/mol. The molecule has 1 aromatic heterocycles. The number of nitrogens with one attached hydrogen (secondary N) is 2. The van der Waals surface area contributed by atoms with E-state index in [0.29, 0.717) is 23.6 Å². The molecule has 1 fully saturated rings. The van der Waals surface area contributed by atoms with E-state index in [0.717, 1.165) is 18.8 Å². The quantitative estimate of drug-likeness (QED) is 0.786. The monoisotopic (exact) mass is 314 g/mol. The molecule has 1 aliphatic rings. The van der Waals surface area contributed by atoms with Gasteiger partial charge in [-0.25, -0.2) is 4.98 Å². The minimum absolute atomic E-state index is 0.0592. The van der Waals surface area contributed by atoms with E-state index >= 15 is 0 Å². The minimum atomic E-state index is -0.206. The van der Waals surface area contributed by atoms with Crippen LogP contribution in [-0.2, 0) is 6.42 Å². The van der Waals surface area contributed by atoms with Crippen molar-refractivity contribution in [2.24, 2.45) is 0 Å². The van der Waals surface area contributed by atoms with Crippen molar-refractivity contribution < 1.29 is 5.11 Å². The number of hydrogen-bond donors (Lipinski definition) is 3. The van der Waals surface area contributed by atoms with Gasteiger partial charge in [0.05, 0.1) is 5.69 Å². The summed E-state index contributed by atoms with van der Waals surface area (Å²) in [6.45, 7) is 3.96. The summed E-state index contributed by atoms with van der Waals surface area (Å²) in [5, 5.41) is 12.1. The molecule has 2 heterocycles. The van der Waals surface area contributed by atoms with Crippen LogP contribution in [0.3, 0.4) is 0 Å². The highest BCUT2D eigenvalue weighted by Crippen LogP contribution is 2.23. The Morgan fingerprint density at radius 2 is 1.96 bits per heavy atom. The molecule has 0 saturated carbocycles. The van der Waals surface area contributed by atoms with Gasteiger partial charge in [-0.2, -0.15) is 0 Å². The maximum atomic E-state index is 12.0. The van der Waals surface area contributed by atoms with E-state index < -0.39 is 0 Å². The van der Waals surface area contributed by atoms with Gasteiger partial charge in [-0.15, -0.1) is 0 Å². The zero-order chi connectivity index (χ0) is 16.2. The minimum Gasteiger partial charge on any atom is -0.396 e. The molecule has 0 radical (unpaired) electrons. The van der Waals surface area contributed by atoms with Crippen molar-refractivity contribution in [1.29, 1.82) is 0 Å². The van der Waals surface area contributed by atoms with Gasteiger partial charge in [-0.3, -0.25) is 9.78 Å².